The molecule has 0 spiro atoms. The van der Waals surface area contributed by atoms with Gasteiger partial charge in [0.1, 0.15) is 0 Å². The Kier molecular flexibility index (Phi) is 4.71. The molecule has 0 bridgehead atoms. The molecule has 1 fully saturated rings. The first kappa shape index (κ1) is 15.7. The van der Waals surface area contributed by atoms with Crippen LogP contribution in [-0.2, 0) is 13.6 Å². The second-order valence-corrected chi connectivity index (χ2v) is 6.02. The highest BCUT2D eigenvalue weighted by atomic mass is 16.2. The number of hydrogen-bond acceptors (Lipinski definition) is 5. The van der Waals surface area contributed by atoms with Gasteiger partial charge in [-0.15, -0.1) is 5.10 Å². The van der Waals surface area contributed by atoms with Crippen molar-refractivity contribution >= 4 is 11.6 Å². The van der Waals surface area contributed by atoms with Gasteiger partial charge in [0.05, 0.1) is 23.8 Å². The summed E-state index contributed by atoms with van der Waals surface area (Å²) in [5.74, 6) is -0.261. The van der Waals surface area contributed by atoms with Crippen molar-refractivity contribution in [3.05, 3.63) is 23.8 Å². The molecule has 1 amide bonds. The van der Waals surface area contributed by atoms with E-state index in [4.69, 9.17) is 0 Å². The number of aryl methyl sites for hydroxylation is 2. The van der Waals surface area contributed by atoms with Gasteiger partial charge in [0, 0.05) is 19.6 Å². The molecule has 8 heteroatoms. The van der Waals surface area contributed by atoms with E-state index in [9.17, 15) is 4.79 Å². The Hall–Kier alpha value is -2.22. The normalized spacial score (nSPS) is 18.1. The number of carbonyl (C=O) groups excluding carboxylic acids is 1. The number of anilines is 1. The minimum Gasteiger partial charge on any atom is -0.318 e. The molecule has 0 radical (unpaired) electrons. The number of carbonyl (C=O) groups is 1. The van der Waals surface area contributed by atoms with E-state index in [0.29, 0.717) is 17.4 Å². The highest BCUT2D eigenvalue weighted by Crippen LogP contribution is 2.14. The van der Waals surface area contributed by atoms with Crippen molar-refractivity contribution in [2.24, 2.45) is 7.05 Å². The van der Waals surface area contributed by atoms with Gasteiger partial charge in [-0.05, 0) is 32.7 Å². The summed E-state index contributed by atoms with van der Waals surface area (Å²) < 4.78 is 3.45. The molecule has 1 aliphatic rings. The molecule has 0 aromatic carbocycles. The summed E-state index contributed by atoms with van der Waals surface area (Å²) >= 11 is 0. The summed E-state index contributed by atoms with van der Waals surface area (Å²) in [7, 11) is 1.83. The molecule has 3 rings (SSSR count). The average Bonchev–Trinajstić information content (AvgIpc) is 3.16. The number of rotatable bonds is 5. The first-order valence-electron chi connectivity index (χ1n) is 8.07. The number of piperidine rings is 1. The third kappa shape index (κ3) is 3.76. The van der Waals surface area contributed by atoms with Gasteiger partial charge in [-0.25, -0.2) is 0 Å². The Labute approximate surface area is 135 Å². The molecule has 0 saturated carbocycles. The van der Waals surface area contributed by atoms with Crippen LogP contribution in [0.3, 0.4) is 0 Å². The number of hydrogen-bond donors (Lipinski definition) is 2. The van der Waals surface area contributed by atoms with Crippen LogP contribution in [0.15, 0.2) is 12.4 Å². The summed E-state index contributed by atoms with van der Waals surface area (Å²) in [4.78, 5) is 12.2. The van der Waals surface area contributed by atoms with Gasteiger partial charge < -0.3 is 10.6 Å². The third-order valence-electron chi connectivity index (χ3n) is 4.37. The highest BCUT2D eigenvalue weighted by Gasteiger charge is 2.15. The molecule has 124 valence electrons. The van der Waals surface area contributed by atoms with Gasteiger partial charge in [0.2, 0.25) is 0 Å². The summed E-state index contributed by atoms with van der Waals surface area (Å²) in [6.07, 6.45) is 8.09. The third-order valence-corrected chi connectivity index (χ3v) is 4.37. The maximum atomic E-state index is 12.2. The van der Waals surface area contributed by atoms with E-state index in [0.717, 1.165) is 25.2 Å². The van der Waals surface area contributed by atoms with Crippen LogP contribution >= 0.6 is 0 Å². The van der Waals surface area contributed by atoms with Crippen LogP contribution in [0.4, 0.5) is 5.69 Å². The summed E-state index contributed by atoms with van der Waals surface area (Å²) in [5.41, 5.74) is 1.91. The van der Waals surface area contributed by atoms with Crippen LogP contribution in [0.25, 0.3) is 0 Å². The van der Waals surface area contributed by atoms with Crippen LogP contribution in [0.5, 0.6) is 0 Å². The second-order valence-electron chi connectivity index (χ2n) is 6.02. The topological polar surface area (TPSA) is 89.7 Å². The van der Waals surface area contributed by atoms with E-state index in [2.05, 4.69) is 26.0 Å². The molecule has 0 aliphatic carbocycles. The molecule has 1 saturated heterocycles. The monoisotopic (exact) mass is 317 g/mol. The van der Waals surface area contributed by atoms with Gasteiger partial charge in [-0.1, -0.05) is 11.6 Å². The lowest BCUT2D eigenvalue weighted by Crippen LogP contribution is -2.34. The predicted molar refractivity (Wildman–Crippen MR) is 86.2 cm³/mol. The number of nitrogens with one attached hydrogen (secondary N) is 2. The summed E-state index contributed by atoms with van der Waals surface area (Å²) in [6.45, 7) is 3.76. The quantitative estimate of drug-likeness (QED) is 0.862. The van der Waals surface area contributed by atoms with Crippen LogP contribution in [0.2, 0.25) is 0 Å². The molecule has 3 heterocycles. The van der Waals surface area contributed by atoms with Crippen molar-refractivity contribution < 1.29 is 4.79 Å². The molecule has 8 nitrogen and oxygen atoms in total. The van der Waals surface area contributed by atoms with E-state index in [1.165, 1.54) is 19.3 Å². The van der Waals surface area contributed by atoms with E-state index in [-0.39, 0.29) is 5.91 Å². The lowest BCUT2D eigenvalue weighted by Gasteiger charge is -2.23. The van der Waals surface area contributed by atoms with Crippen LogP contribution < -0.4 is 10.6 Å². The smallest absolute Gasteiger partial charge is 0.277 e. The maximum absolute atomic E-state index is 12.2. The molecule has 23 heavy (non-hydrogen) atoms. The minimum atomic E-state index is -0.261. The molecule has 1 aliphatic heterocycles. The average molecular weight is 317 g/mol. The summed E-state index contributed by atoms with van der Waals surface area (Å²) in [5, 5.41) is 18.4. The van der Waals surface area contributed by atoms with Gasteiger partial charge in [-0.2, -0.15) is 5.10 Å². The zero-order chi connectivity index (χ0) is 16.2. The lowest BCUT2D eigenvalue weighted by atomic mass is 10.0. The van der Waals surface area contributed by atoms with Crippen LogP contribution in [-0.4, -0.2) is 43.3 Å². The Bertz CT molecular complexity index is 669. The van der Waals surface area contributed by atoms with Crippen molar-refractivity contribution in [2.45, 2.75) is 45.2 Å². The molecule has 2 aromatic rings. The Morgan fingerprint density at radius 2 is 2.35 bits per heavy atom. The fourth-order valence-corrected chi connectivity index (χ4v) is 2.78. The van der Waals surface area contributed by atoms with Crippen LogP contribution in [0.1, 0.15) is 41.9 Å². The van der Waals surface area contributed by atoms with E-state index in [1.54, 1.807) is 21.8 Å². The zero-order valence-electron chi connectivity index (χ0n) is 13.6. The predicted octanol–water partition coefficient (Wildman–Crippen LogP) is 1.10. The fourth-order valence-electron chi connectivity index (χ4n) is 2.78. The van der Waals surface area contributed by atoms with Crippen molar-refractivity contribution in [3.8, 4) is 0 Å². The second kappa shape index (κ2) is 6.91. The van der Waals surface area contributed by atoms with Gasteiger partial charge in [-0.3, -0.25) is 14.2 Å². The number of nitrogens with zero attached hydrogens (tertiary/aromatic N) is 5. The zero-order valence-corrected chi connectivity index (χ0v) is 13.6. The Morgan fingerprint density at radius 1 is 1.48 bits per heavy atom. The lowest BCUT2D eigenvalue weighted by molar-refractivity contribution is 0.102. The molecule has 2 aromatic heterocycles. The highest BCUT2D eigenvalue weighted by molar-refractivity contribution is 6.02. The first-order chi connectivity index (χ1) is 11.1. The number of amides is 1. The fraction of sp³-hybridized carbons (Fsp3) is 0.600. The molecule has 2 N–H and O–H groups in total. The van der Waals surface area contributed by atoms with Crippen molar-refractivity contribution in [2.75, 3.05) is 11.9 Å². The maximum Gasteiger partial charge on any atom is 0.277 e. The Balaban J connectivity index is 1.55. The van der Waals surface area contributed by atoms with E-state index < -0.39 is 0 Å². The standard InChI is InChI=1S/C15H23N7O/c1-11-13(9-17-21(11)2)18-15(23)14-10-22(20-19-14)8-6-12-5-3-4-7-16-12/h9-10,12,16H,3-8H2,1-2H3,(H,18,23). The molecule has 1 atom stereocenters. The largest absolute Gasteiger partial charge is 0.318 e. The van der Waals surface area contributed by atoms with E-state index >= 15 is 0 Å². The van der Waals surface area contributed by atoms with E-state index in [1.807, 2.05) is 14.0 Å². The molecular formula is C15H23N7O. The van der Waals surface area contributed by atoms with Gasteiger partial charge in [0.15, 0.2) is 5.69 Å². The molecular weight excluding hydrogens is 294 g/mol. The van der Waals surface area contributed by atoms with Gasteiger partial charge >= 0.3 is 0 Å². The van der Waals surface area contributed by atoms with Gasteiger partial charge in [0.25, 0.3) is 5.91 Å². The number of aromatic nitrogens is 5. The first-order valence-corrected chi connectivity index (χ1v) is 8.07. The summed E-state index contributed by atoms with van der Waals surface area (Å²) in [6, 6.07) is 0.545. The van der Waals surface area contributed by atoms with Crippen molar-refractivity contribution in [1.29, 1.82) is 0 Å². The van der Waals surface area contributed by atoms with Crippen LogP contribution in [0, 0.1) is 6.92 Å². The minimum absolute atomic E-state index is 0.261. The SMILES string of the molecule is Cc1c(NC(=O)c2cn(CCC3CCCCN3)nn2)cnn1C. The Morgan fingerprint density at radius 3 is 3.04 bits per heavy atom. The molecule has 1 unspecified atom stereocenters. The van der Waals surface area contributed by atoms with Crippen molar-refractivity contribution in [3.63, 3.8) is 0 Å². The van der Waals surface area contributed by atoms with Crippen molar-refractivity contribution in [1.82, 2.24) is 30.1 Å².